The van der Waals surface area contributed by atoms with Crippen LogP contribution in [0.1, 0.15) is 31.0 Å². The number of hydrogen-bond donors (Lipinski definition) is 1. The highest BCUT2D eigenvalue weighted by Crippen LogP contribution is 2.23. The fourth-order valence-electron chi connectivity index (χ4n) is 1.25. The van der Waals surface area contributed by atoms with Crippen LogP contribution in [-0.2, 0) is 4.79 Å². The number of aromatic nitrogens is 1. The van der Waals surface area contributed by atoms with Gasteiger partial charge in [-0.25, -0.2) is 0 Å². The highest BCUT2D eigenvalue weighted by Gasteiger charge is 2.20. The number of carboxylic acid groups (broad SMARTS) is 1. The van der Waals surface area contributed by atoms with Gasteiger partial charge in [-0.15, -0.1) is 0 Å². The number of aliphatic carboxylic acids is 1. The van der Waals surface area contributed by atoms with E-state index in [1.807, 2.05) is 26.0 Å². The summed E-state index contributed by atoms with van der Waals surface area (Å²) in [6.07, 6.45) is 1.75. The summed E-state index contributed by atoms with van der Waals surface area (Å²) >= 11 is 0. The summed E-state index contributed by atoms with van der Waals surface area (Å²) < 4.78 is 0. The standard InChI is InChI=1S/C11H15NO2/c1-7-4-5-10(6-12-7)8(2)9(3)11(13)14/h4-6,8-9H,1-3H3,(H,13,14). The fourth-order valence-corrected chi connectivity index (χ4v) is 1.25. The molecule has 0 aromatic carbocycles. The largest absolute Gasteiger partial charge is 0.481 e. The van der Waals surface area contributed by atoms with Gasteiger partial charge in [-0.05, 0) is 24.5 Å². The van der Waals surface area contributed by atoms with E-state index in [-0.39, 0.29) is 11.8 Å². The molecule has 1 rings (SSSR count). The van der Waals surface area contributed by atoms with Crippen LogP contribution in [0, 0.1) is 12.8 Å². The number of hydrogen-bond acceptors (Lipinski definition) is 2. The molecule has 0 aliphatic rings. The average Bonchev–Trinajstić information content (AvgIpc) is 2.16. The lowest BCUT2D eigenvalue weighted by Gasteiger charge is -2.15. The fraction of sp³-hybridized carbons (Fsp3) is 0.455. The van der Waals surface area contributed by atoms with E-state index in [4.69, 9.17) is 5.11 Å². The third-order valence-corrected chi connectivity index (χ3v) is 2.60. The minimum Gasteiger partial charge on any atom is -0.481 e. The maximum Gasteiger partial charge on any atom is 0.306 e. The zero-order valence-corrected chi connectivity index (χ0v) is 8.69. The third kappa shape index (κ3) is 2.31. The van der Waals surface area contributed by atoms with Crippen LogP contribution in [0.5, 0.6) is 0 Å². The van der Waals surface area contributed by atoms with Gasteiger partial charge in [-0.1, -0.05) is 19.9 Å². The molecule has 1 aromatic rings. The number of carboxylic acids is 1. The molecule has 1 heterocycles. The van der Waals surface area contributed by atoms with Gasteiger partial charge >= 0.3 is 5.97 Å². The summed E-state index contributed by atoms with van der Waals surface area (Å²) in [6.45, 7) is 5.53. The predicted octanol–water partition coefficient (Wildman–Crippen LogP) is 2.21. The highest BCUT2D eigenvalue weighted by atomic mass is 16.4. The van der Waals surface area contributed by atoms with E-state index in [9.17, 15) is 4.79 Å². The van der Waals surface area contributed by atoms with Gasteiger partial charge in [0.25, 0.3) is 0 Å². The van der Waals surface area contributed by atoms with Gasteiger partial charge in [0.05, 0.1) is 5.92 Å². The second kappa shape index (κ2) is 4.22. The first-order chi connectivity index (χ1) is 6.52. The first-order valence-electron chi connectivity index (χ1n) is 4.67. The van der Waals surface area contributed by atoms with Crippen molar-refractivity contribution in [1.82, 2.24) is 4.98 Å². The Morgan fingerprint density at radius 2 is 2.07 bits per heavy atom. The summed E-state index contributed by atoms with van der Waals surface area (Å²) in [7, 11) is 0. The van der Waals surface area contributed by atoms with Crippen LogP contribution in [0.15, 0.2) is 18.3 Å². The lowest BCUT2D eigenvalue weighted by atomic mass is 9.90. The summed E-state index contributed by atoms with van der Waals surface area (Å²) in [5.74, 6) is -1.14. The van der Waals surface area contributed by atoms with Crippen LogP contribution in [0.4, 0.5) is 0 Å². The van der Waals surface area contributed by atoms with Crippen LogP contribution in [-0.4, -0.2) is 16.1 Å². The Kier molecular flexibility index (Phi) is 3.23. The van der Waals surface area contributed by atoms with E-state index < -0.39 is 5.97 Å². The van der Waals surface area contributed by atoms with Crippen molar-refractivity contribution in [3.63, 3.8) is 0 Å². The lowest BCUT2D eigenvalue weighted by Crippen LogP contribution is -2.16. The SMILES string of the molecule is Cc1ccc(C(C)C(C)C(=O)O)cn1. The Hall–Kier alpha value is -1.38. The lowest BCUT2D eigenvalue weighted by molar-refractivity contribution is -0.141. The molecular weight excluding hydrogens is 178 g/mol. The maximum atomic E-state index is 10.8. The predicted molar refractivity (Wildman–Crippen MR) is 54.2 cm³/mol. The van der Waals surface area contributed by atoms with E-state index in [1.165, 1.54) is 0 Å². The molecule has 3 nitrogen and oxygen atoms in total. The normalized spacial score (nSPS) is 14.8. The van der Waals surface area contributed by atoms with Gasteiger partial charge in [0, 0.05) is 11.9 Å². The molecule has 2 unspecified atom stereocenters. The second-order valence-electron chi connectivity index (χ2n) is 3.65. The van der Waals surface area contributed by atoms with E-state index >= 15 is 0 Å². The van der Waals surface area contributed by atoms with Crippen LogP contribution in [0.2, 0.25) is 0 Å². The molecule has 14 heavy (non-hydrogen) atoms. The van der Waals surface area contributed by atoms with Crippen molar-refractivity contribution in [2.24, 2.45) is 5.92 Å². The molecule has 0 radical (unpaired) electrons. The van der Waals surface area contributed by atoms with Crippen LogP contribution >= 0.6 is 0 Å². The van der Waals surface area contributed by atoms with Crippen molar-refractivity contribution in [2.45, 2.75) is 26.7 Å². The number of carbonyl (C=O) groups is 1. The molecule has 0 aliphatic heterocycles. The van der Waals surface area contributed by atoms with Gasteiger partial charge in [0.15, 0.2) is 0 Å². The molecule has 3 heteroatoms. The molecule has 0 bridgehead atoms. The minimum atomic E-state index is -0.766. The summed E-state index contributed by atoms with van der Waals surface area (Å²) in [5, 5.41) is 8.85. The van der Waals surface area contributed by atoms with Crippen molar-refractivity contribution in [3.05, 3.63) is 29.6 Å². The molecule has 1 N–H and O–H groups in total. The van der Waals surface area contributed by atoms with E-state index in [0.29, 0.717) is 0 Å². The van der Waals surface area contributed by atoms with E-state index in [1.54, 1.807) is 13.1 Å². The molecule has 0 saturated carbocycles. The summed E-state index contributed by atoms with van der Waals surface area (Å²) in [4.78, 5) is 14.9. The van der Waals surface area contributed by atoms with Crippen LogP contribution < -0.4 is 0 Å². The Balaban J connectivity index is 2.84. The third-order valence-electron chi connectivity index (χ3n) is 2.60. The minimum absolute atomic E-state index is 0.000556. The molecule has 0 fully saturated rings. The monoisotopic (exact) mass is 193 g/mol. The second-order valence-corrected chi connectivity index (χ2v) is 3.65. The van der Waals surface area contributed by atoms with Crippen LogP contribution in [0.3, 0.4) is 0 Å². The molecule has 0 saturated heterocycles. The first kappa shape index (κ1) is 10.7. The number of pyridine rings is 1. The molecular formula is C11H15NO2. The van der Waals surface area contributed by atoms with Crippen molar-refractivity contribution in [1.29, 1.82) is 0 Å². The average molecular weight is 193 g/mol. The zero-order valence-electron chi connectivity index (χ0n) is 8.69. The smallest absolute Gasteiger partial charge is 0.306 e. The molecule has 76 valence electrons. The quantitative estimate of drug-likeness (QED) is 0.800. The van der Waals surface area contributed by atoms with Gasteiger partial charge in [-0.3, -0.25) is 9.78 Å². The van der Waals surface area contributed by atoms with Crippen molar-refractivity contribution in [2.75, 3.05) is 0 Å². The van der Waals surface area contributed by atoms with Crippen molar-refractivity contribution in [3.8, 4) is 0 Å². The number of aryl methyl sites for hydroxylation is 1. The Bertz CT molecular complexity index is 319. The van der Waals surface area contributed by atoms with E-state index in [2.05, 4.69) is 4.98 Å². The number of nitrogens with zero attached hydrogens (tertiary/aromatic N) is 1. The molecule has 1 aromatic heterocycles. The van der Waals surface area contributed by atoms with Crippen molar-refractivity contribution < 1.29 is 9.90 Å². The summed E-state index contributed by atoms with van der Waals surface area (Å²) in [6, 6.07) is 3.84. The van der Waals surface area contributed by atoms with Gasteiger partial charge in [0.2, 0.25) is 0 Å². The van der Waals surface area contributed by atoms with Crippen molar-refractivity contribution >= 4 is 5.97 Å². The van der Waals surface area contributed by atoms with Gasteiger partial charge in [-0.2, -0.15) is 0 Å². The Labute approximate surface area is 83.8 Å². The molecule has 2 atom stereocenters. The highest BCUT2D eigenvalue weighted by molar-refractivity contribution is 5.70. The molecule has 0 spiro atoms. The molecule has 0 amide bonds. The molecule has 0 aliphatic carbocycles. The first-order valence-corrected chi connectivity index (χ1v) is 4.67. The maximum absolute atomic E-state index is 10.8. The van der Waals surface area contributed by atoms with E-state index in [0.717, 1.165) is 11.3 Å². The van der Waals surface area contributed by atoms with Crippen LogP contribution in [0.25, 0.3) is 0 Å². The number of rotatable bonds is 3. The topological polar surface area (TPSA) is 50.2 Å². The van der Waals surface area contributed by atoms with Gasteiger partial charge < -0.3 is 5.11 Å². The van der Waals surface area contributed by atoms with Gasteiger partial charge in [0.1, 0.15) is 0 Å². The summed E-state index contributed by atoms with van der Waals surface area (Å²) in [5.41, 5.74) is 1.93. The zero-order chi connectivity index (χ0) is 10.7. The Morgan fingerprint density at radius 1 is 1.43 bits per heavy atom. The Morgan fingerprint density at radius 3 is 2.50 bits per heavy atom.